The van der Waals surface area contributed by atoms with Crippen molar-refractivity contribution in [2.75, 3.05) is 25.0 Å². The molecule has 2 aromatic carbocycles. The van der Waals surface area contributed by atoms with E-state index in [1.165, 1.54) is 24.1 Å². The van der Waals surface area contributed by atoms with E-state index in [1.54, 1.807) is 27.7 Å². The first-order valence-electron chi connectivity index (χ1n) is 15.2. The Labute approximate surface area is 254 Å². The van der Waals surface area contributed by atoms with Crippen LogP contribution in [0.3, 0.4) is 0 Å². The molecule has 1 aliphatic carbocycles. The molecule has 2 aromatic heterocycles. The van der Waals surface area contributed by atoms with Gasteiger partial charge in [-0.1, -0.05) is 24.3 Å². The summed E-state index contributed by atoms with van der Waals surface area (Å²) in [5.41, 5.74) is 6.11. The van der Waals surface area contributed by atoms with Crippen molar-refractivity contribution in [2.45, 2.75) is 57.6 Å². The summed E-state index contributed by atoms with van der Waals surface area (Å²) < 4.78 is 22.4. The number of aromatic nitrogens is 2. The SMILES string of the molecule is CC(=O)O[C@@H]1CCN(C(=O)Nc2ccc(-c3cc4c(C5CC5)cc(C(=O)N5CCc6ccccc6[C@H]5C)nn4c3)c(F)c2)C1. The van der Waals surface area contributed by atoms with Gasteiger partial charge in [-0.2, -0.15) is 5.10 Å². The van der Waals surface area contributed by atoms with Gasteiger partial charge >= 0.3 is 12.0 Å². The van der Waals surface area contributed by atoms with Crippen molar-refractivity contribution >= 4 is 29.1 Å². The van der Waals surface area contributed by atoms with Gasteiger partial charge in [0.15, 0.2) is 0 Å². The highest BCUT2D eigenvalue weighted by atomic mass is 19.1. The van der Waals surface area contributed by atoms with Crippen LogP contribution in [-0.4, -0.2) is 63.1 Å². The van der Waals surface area contributed by atoms with E-state index in [9.17, 15) is 14.4 Å². The lowest BCUT2D eigenvalue weighted by Gasteiger charge is -2.35. The molecule has 1 saturated carbocycles. The minimum atomic E-state index is -0.483. The monoisotopic (exact) mass is 595 g/mol. The molecule has 0 bridgehead atoms. The van der Waals surface area contributed by atoms with Gasteiger partial charge < -0.3 is 19.9 Å². The van der Waals surface area contributed by atoms with Crippen molar-refractivity contribution in [2.24, 2.45) is 0 Å². The van der Waals surface area contributed by atoms with E-state index >= 15 is 4.39 Å². The Morgan fingerprint density at radius 3 is 2.59 bits per heavy atom. The van der Waals surface area contributed by atoms with Crippen LogP contribution < -0.4 is 5.32 Å². The molecule has 0 spiro atoms. The molecule has 44 heavy (non-hydrogen) atoms. The molecule has 7 rings (SSSR count). The predicted molar refractivity (Wildman–Crippen MR) is 163 cm³/mol. The number of likely N-dealkylation sites (tertiary alicyclic amines) is 1. The second-order valence-corrected chi connectivity index (χ2v) is 12.0. The maximum absolute atomic E-state index is 15.5. The third kappa shape index (κ3) is 5.29. The highest BCUT2D eigenvalue weighted by Crippen LogP contribution is 2.43. The number of rotatable bonds is 5. The summed E-state index contributed by atoms with van der Waals surface area (Å²) in [6.45, 7) is 4.78. The van der Waals surface area contributed by atoms with Gasteiger partial charge in [0.1, 0.15) is 17.6 Å². The van der Waals surface area contributed by atoms with Gasteiger partial charge in [0, 0.05) is 49.4 Å². The van der Waals surface area contributed by atoms with Gasteiger partial charge in [-0.3, -0.25) is 9.59 Å². The quantitative estimate of drug-likeness (QED) is 0.288. The number of nitrogens with one attached hydrogen (secondary N) is 1. The molecule has 4 aromatic rings. The average molecular weight is 596 g/mol. The number of benzene rings is 2. The topological polar surface area (TPSA) is 96.2 Å². The molecular formula is C34H34FN5O4. The summed E-state index contributed by atoms with van der Waals surface area (Å²) in [5.74, 6) is -0.612. The zero-order valence-electron chi connectivity index (χ0n) is 24.8. The fourth-order valence-electron chi connectivity index (χ4n) is 6.56. The summed E-state index contributed by atoms with van der Waals surface area (Å²) in [6.07, 6.45) is 4.90. The molecule has 1 saturated heterocycles. The molecule has 2 fully saturated rings. The van der Waals surface area contributed by atoms with Crippen molar-refractivity contribution in [1.29, 1.82) is 0 Å². The molecule has 4 heterocycles. The molecule has 10 heteroatoms. The largest absolute Gasteiger partial charge is 0.461 e. The number of hydrogen-bond acceptors (Lipinski definition) is 5. The first kappa shape index (κ1) is 28.1. The van der Waals surface area contributed by atoms with E-state index in [1.807, 2.05) is 29.2 Å². The minimum Gasteiger partial charge on any atom is -0.461 e. The Kier molecular flexibility index (Phi) is 7.07. The number of nitrogens with zero attached hydrogens (tertiary/aromatic N) is 4. The third-order valence-corrected chi connectivity index (χ3v) is 8.99. The van der Waals surface area contributed by atoms with Crippen LogP contribution in [0.15, 0.2) is 60.8 Å². The smallest absolute Gasteiger partial charge is 0.321 e. The van der Waals surface area contributed by atoms with Crippen molar-refractivity contribution in [3.8, 4) is 11.1 Å². The Balaban J connectivity index is 1.13. The summed E-state index contributed by atoms with van der Waals surface area (Å²) in [7, 11) is 0. The number of carbonyl (C=O) groups excluding carboxylic acids is 3. The summed E-state index contributed by atoms with van der Waals surface area (Å²) in [4.78, 5) is 41.2. The molecule has 0 radical (unpaired) electrons. The van der Waals surface area contributed by atoms with Crippen LogP contribution in [0.5, 0.6) is 0 Å². The lowest BCUT2D eigenvalue weighted by Crippen LogP contribution is -2.39. The Hall–Kier alpha value is -4.73. The van der Waals surface area contributed by atoms with Crippen molar-refractivity contribution in [3.63, 3.8) is 0 Å². The summed E-state index contributed by atoms with van der Waals surface area (Å²) in [6, 6.07) is 16.3. The second kappa shape index (κ2) is 11.1. The zero-order valence-corrected chi connectivity index (χ0v) is 24.8. The Morgan fingerprint density at radius 2 is 1.82 bits per heavy atom. The van der Waals surface area contributed by atoms with Crippen molar-refractivity contribution in [3.05, 3.63) is 89.0 Å². The van der Waals surface area contributed by atoms with Crippen LogP contribution in [0.1, 0.15) is 72.2 Å². The average Bonchev–Trinajstić information content (AvgIpc) is 3.59. The van der Waals surface area contributed by atoms with Gasteiger partial charge in [0.25, 0.3) is 5.91 Å². The van der Waals surface area contributed by atoms with E-state index in [0.717, 1.165) is 30.3 Å². The summed E-state index contributed by atoms with van der Waals surface area (Å²) in [5, 5.41) is 7.47. The minimum absolute atomic E-state index is 0.0524. The maximum Gasteiger partial charge on any atom is 0.321 e. The first-order valence-corrected chi connectivity index (χ1v) is 15.2. The van der Waals surface area contributed by atoms with Crippen molar-refractivity contribution < 1.29 is 23.5 Å². The number of fused-ring (bicyclic) bond motifs is 2. The van der Waals surface area contributed by atoms with Gasteiger partial charge in [0.2, 0.25) is 0 Å². The molecule has 0 unspecified atom stereocenters. The second-order valence-electron chi connectivity index (χ2n) is 12.0. The molecule has 2 aliphatic heterocycles. The van der Waals surface area contributed by atoms with E-state index < -0.39 is 5.82 Å². The number of anilines is 1. The molecule has 226 valence electrons. The van der Waals surface area contributed by atoms with Crippen LogP contribution in [0.25, 0.3) is 16.6 Å². The van der Waals surface area contributed by atoms with Crippen LogP contribution in [0.2, 0.25) is 0 Å². The lowest BCUT2D eigenvalue weighted by molar-refractivity contribution is -0.145. The Bertz CT molecular complexity index is 1800. The standard InChI is InChI=1S/C34H34FN5O4/c1-20-27-6-4-3-5-22(27)11-14-39(20)33(42)31-17-29(23-7-8-23)32-15-24(18-40(32)37-31)28-10-9-25(16-30(28)35)36-34(43)38-13-12-26(19-38)44-21(2)41/h3-6,9-10,15-18,20,23,26H,7-8,11-14,19H2,1-2H3,(H,36,43)/t20-,26-/m1/s1. The highest BCUT2D eigenvalue weighted by Gasteiger charge is 2.32. The molecule has 3 aliphatic rings. The first-order chi connectivity index (χ1) is 21.2. The normalized spacial score (nSPS) is 19.6. The number of ether oxygens (including phenoxy) is 1. The number of urea groups is 1. The molecule has 9 nitrogen and oxygen atoms in total. The van der Waals surface area contributed by atoms with Gasteiger partial charge in [-0.25, -0.2) is 13.7 Å². The van der Waals surface area contributed by atoms with Crippen LogP contribution in [0, 0.1) is 5.82 Å². The van der Waals surface area contributed by atoms with Crippen LogP contribution in [0.4, 0.5) is 14.9 Å². The number of carbonyl (C=O) groups is 3. The predicted octanol–water partition coefficient (Wildman–Crippen LogP) is 5.95. The lowest BCUT2D eigenvalue weighted by atomic mass is 9.93. The molecular weight excluding hydrogens is 561 g/mol. The number of amides is 3. The number of esters is 1. The molecule has 1 N–H and O–H groups in total. The van der Waals surface area contributed by atoms with Crippen molar-refractivity contribution in [1.82, 2.24) is 19.4 Å². The van der Waals surface area contributed by atoms with Gasteiger partial charge in [-0.05, 0) is 79.1 Å². The fourth-order valence-corrected chi connectivity index (χ4v) is 6.56. The van der Waals surface area contributed by atoms with E-state index in [4.69, 9.17) is 9.84 Å². The van der Waals surface area contributed by atoms with Crippen LogP contribution in [-0.2, 0) is 16.0 Å². The molecule has 2 atom stereocenters. The van der Waals surface area contributed by atoms with Gasteiger partial charge in [-0.15, -0.1) is 0 Å². The zero-order chi connectivity index (χ0) is 30.5. The van der Waals surface area contributed by atoms with Crippen LogP contribution >= 0.6 is 0 Å². The van der Waals surface area contributed by atoms with E-state index in [0.29, 0.717) is 54.5 Å². The molecule has 3 amide bonds. The Morgan fingerprint density at radius 1 is 1.00 bits per heavy atom. The fraction of sp³-hybridized carbons (Fsp3) is 0.353. The third-order valence-electron chi connectivity index (χ3n) is 8.99. The highest BCUT2D eigenvalue weighted by molar-refractivity contribution is 5.94. The maximum atomic E-state index is 15.5. The van der Waals surface area contributed by atoms with Gasteiger partial charge in [0.05, 0.1) is 18.1 Å². The van der Waals surface area contributed by atoms with E-state index in [-0.39, 0.29) is 30.1 Å². The number of hydrogen-bond donors (Lipinski definition) is 1. The summed E-state index contributed by atoms with van der Waals surface area (Å²) >= 11 is 0. The van der Waals surface area contributed by atoms with E-state index in [2.05, 4.69) is 24.4 Å². The number of halogens is 1.